The second kappa shape index (κ2) is 9.05. The van der Waals surface area contributed by atoms with Crippen molar-refractivity contribution in [2.24, 2.45) is 0 Å². The van der Waals surface area contributed by atoms with Gasteiger partial charge in [0, 0.05) is 5.02 Å². The number of hydrogen-bond acceptors (Lipinski definition) is 4. The number of para-hydroxylation sites is 2. The fourth-order valence-corrected chi connectivity index (χ4v) is 2.65. The van der Waals surface area contributed by atoms with Crippen LogP contribution in [-0.4, -0.2) is 17.5 Å². The molecule has 6 heteroatoms. The highest BCUT2D eigenvalue weighted by Gasteiger charge is 2.06. The molecule has 0 fully saturated rings. The predicted octanol–water partition coefficient (Wildman–Crippen LogP) is 5.06. The van der Waals surface area contributed by atoms with Crippen molar-refractivity contribution in [2.45, 2.75) is 13.3 Å². The maximum atomic E-state index is 12.1. The summed E-state index contributed by atoms with van der Waals surface area (Å²) in [5.74, 6) is 1.14. The number of carbonyl (C=O) groups is 1. The SMILES string of the molecule is CCOc1ccccc1Nc1ccc(NC(=O)Cc2ccc(Cl)cc2)nc1. The molecule has 0 unspecified atom stereocenters. The highest BCUT2D eigenvalue weighted by Crippen LogP contribution is 2.27. The minimum atomic E-state index is -0.132. The quantitative estimate of drug-likeness (QED) is 0.600. The Bertz CT molecular complexity index is 896. The van der Waals surface area contributed by atoms with Crippen molar-refractivity contribution in [3.8, 4) is 5.75 Å². The molecule has 3 aromatic rings. The molecule has 3 rings (SSSR count). The van der Waals surface area contributed by atoms with E-state index in [1.54, 1.807) is 24.4 Å². The molecule has 1 amide bonds. The van der Waals surface area contributed by atoms with Crippen LogP contribution in [0.15, 0.2) is 66.9 Å². The highest BCUT2D eigenvalue weighted by molar-refractivity contribution is 6.30. The van der Waals surface area contributed by atoms with Crippen molar-refractivity contribution < 1.29 is 9.53 Å². The minimum absolute atomic E-state index is 0.132. The first kappa shape index (κ1) is 18.7. The van der Waals surface area contributed by atoms with E-state index in [9.17, 15) is 4.79 Å². The number of benzene rings is 2. The van der Waals surface area contributed by atoms with Crippen LogP contribution >= 0.6 is 11.6 Å². The number of nitrogens with zero attached hydrogens (tertiary/aromatic N) is 1. The lowest BCUT2D eigenvalue weighted by Gasteiger charge is -2.12. The van der Waals surface area contributed by atoms with Crippen LogP contribution in [0, 0.1) is 0 Å². The molecule has 138 valence electrons. The standard InChI is InChI=1S/C21H20ClN3O2/c1-2-27-19-6-4-3-5-18(19)24-17-11-12-20(23-14-17)25-21(26)13-15-7-9-16(22)10-8-15/h3-12,14,24H,2,13H2,1H3,(H,23,25,26). The molecule has 0 atom stereocenters. The third-order valence-corrected chi connectivity index (χ3v) is 4.03. The Morgan fingerprint density at radius 3 is 2.56 bits per heavy atom. The van der Waals surface area contributed by atoms with E-state index in [2.05, 4.69) is 15.6 Å². The fraction of sp³-hybridized carbons (Fsp3) is 0.143. The number of ether oxygens (including phenoxy) is 1. The Hall–Kier alpha value is -3.05. The van der Waals surface area contributed by atoms with E-state index in [-0.39, 0.29) is 12.3 Å². The molecule has 1 heterocycles. The number of nitrogens with one attached hydrogen (secondary N) is 2. The molecule has 5 nitrogen and oxygen atoms in total. The van der Waals surface area contributed by atoms with Crippen molar-refractivity contribution in [1.29, 1.82) is 0 Å². The normalized spacial score (nSPS) is 10.3. The summed E-state index contributed by atoms with van der Waals surface area (Å²) >= 11 is 5.85. The molecule has 0 bridgehead atoms. The summed E-state index contributed by atoms with van der Waals surface area (Å²) in [7, 11) is 0. The van der Waals surface area contributed by atoms with Crippen LogP contribution in [0.25, 0.3) is 0 Å². The molecule has 27 heavy (non-hydrogen) atoms. The van der Waals surface area contributed by atoms with E-state index < -0.39 is 0 Å². The largest absolute Gasteiger partial charge is 0.492 e. The molecule has 0 spiro atoms. The summed E-state index contributed by atoms with van der Waals surface area (Å²) in [6, 6.07) is 18.5. The Kier molecular flexibility index (Phi) is 6.28. The van der Waals surface area contributed by atoms with Crippen molar-refractivity contribution in [3.63, 3.8) is 0 Å². The summed E-state index contributed by atoms with van der Waals surface area (Å²) in [4.78, 5) is 16.4. The van der Waals surface area contributed by atoms with E-state index >= 15 is 0 Å². The zero-order chi connectivity index (χ0) is 19.1. The predicted molar refractivity (Wildman–Crippen MR) is 109 cm³/mol. The van der Waals surface area contributed by atoms with Crippen LogP contribution in [-0.2, 0) is 11.2 Å². The number of amides is 1. The van der Waals surface area contributed by atoms with Gasteiger partial charge in [-0.05, 0) is 48.9 Å². The van der Waals surface area contributed by atoms with Gasteiger partial charge in [-0.1, -0.05) is 35.9 Å². The maximum absolute atomic E-state index is 12.1. The number of carbonyl (C=O) groups excluding carboxylic acids is 1. The van der Waals surface area contributed by atoms with Crippen molar-refractivity contribution >= 4 is 34.7 Å². The lowest BCUT2D eigenvalue weighted by Crippen LogP contribution is -2.15. The van der Waals surface area contributed by atoms with Gasteiger partial charge in [-0.3, -0.25) is 4.79 Å². The summed E-state index contributed by atoms with van der Waals surface area (Å²) < 4.78 is 5.60. The lowest BCUT2D eigenvalue weighted by molar-refractivity contribution is -0.115. The van der Waals surface area contributed by atoms with Gasteiger partial charge < -0.3 is 15.4 Å². The fourth-order valence-electron chi connectivity index (χ4n) is 2.52. The second-order valence-corrected chi connectivity index (χ2v) is 6.27. The minimum Gasteiger partial charge on any atom is -0.492 e. The number of anilines is 3. The lowest BCUT2D eigenvalue weighted by atomic mass is 10.1. The van der Waals surface area contributed by atoms with Crippen molar-refractivity contribution in [1.82, 2.24) is 4.98 Å². The van der Waals surface area contributed by atoms with Gasteiger partial charge in [0.15, 0.2) is 0 Å². The molecule has 0 aliphatic heterocycles. The van der Waals surface area contributed by atoms with Gasteiger partial charge in [0.1, 0.15) is 11.6 Å². The number of pyridine rings is 1. The Labute approximate surface area is 163 Å². The molecular formula is C21H20ClN3O2. The van der Waals surface area contributed by atoms with Crippen LogP contribution in [0.5, 0.6) is 5.75 Å². The van der Waals surface area contributed by atoms with Crippen molar-refractivity contribution in [3.05, 3.63) is 77.4 Å². The molecular weight excluding hydrogens is 362 g/mol. The molecule has 1 aromatic heterocycles. The van der Waals surface area contributed by atoms with E-state index in [0.29, 0.717) is 17.4 Å². The average Bonchev–Trinajstić information content (AvgIpc) is 2.67. The van der Waals surface area contributed by atoms with E-state index in [1.165, 1.54) is 0 Å². The van der Waals surface area contributed by atoms with Gasteiger partial charge >= 0.3 is 0 Å². The summed E-state index contributed by atoms with van der Waals surface area (Å²) in [5, 5.41) is 6.71. The summed E-state index contributed by atoms with van der Waals surface area (Å²) in [5.41, 5.74) is 2.56. The number of hydrogen-bond donors (Lipinski definition) is 2. The third kappa shape index (κ3) is 5.46. The number of halogens is 1. The van der Waals surface area contributed by atoms with Crippen molar-refractivity contribution in [2.75, 3.05) is 17.2 Å². The average molecular weight is 382 g/mol. The smallest absolute Gasteiger partial charge is 0.229 e. The summed E-state index contributed by atoms with van der Waals surface area (Å²) in [6.07, 6.45) is 1.93. The van der Waals surface area contributed by atoms with E-state index in [4.69, 9.17) is 16.3 Å². The first-order valence-corrected chi connectivity index (χ1v) is 9.01. The molecule has 2 N–H and O–H groups in total. The van der Waals surface area contributed by atoms with Gasteiger partial charge in [-0.25, -0.2) is 4.98 Å². The van der Waals surface area contributed by atoms with Crippen LogP contribution in [0.3, 0.4) is 0 Å². The Balaban J connectivity index is 1.60. The zero-order valence-electron chi connectivity index (χ0n) is 14.9. The highest BCUT2D eigenvalue weighted by atomic mass is 35.5. The topological polar surface area (TPSA) is 63.2 Å². The molecule has 0 saturated carbocycles. The molecule has 0 saturated heterocycles. The van der Waals surface area contributed by atoms with Gasteiger partial charge in [0.25, 0.3) is 0 Å². The zero-order valence-corrected chi connectivity index (χ0v) is 15.7. The van der Waals surface area contributed by atoms with E-state index in [1.807, 2.05) is 49.4 Å². The first-order valence-electron chi connectivity index (χ1n) is 8.63. The molecule has 2 aromatic carbocycles. The third-order valence-electron chi connectivity index (χ3n) is 3.77. The van der Waals surface area contributed by atoms with Crippen LogP contribution in [0.1, 0.15) is 12.5 Å². The Morgan fingerprint density at radius 2 is 1.85 bits per heavy atom. The van der Waals surface area contributed by atoms with Gasteiger partial charge in [0.2, 0.25) is 5.91 Å². The first-order chi connectivity index (χ1) is 13.1. The molecule has 0 aliphatic carbocycles. The van der Waals surface area contributed by atoms with Crippen LogP contribution in [0.2, 0.25) is 5.02 Å². The monoisotopic (exact) mass is 381 g/mol. The van der Waals surface area contributed by atoms with Crippen LogP contribution < -0.4 is 15.4 Å². The molecule has 0 radical (unpaired) electrons. The number of rotatable bonds is 7. The number of aromatic nitrogens is 1. The van der Waals surface area contributed by atoms with E-state index in [0.717, 1.165) is 22.7 Å². The molecule has 0 aliphatic rings. The van der Waals surface area contributed by atoms with Gasteiger partial charge in [0.05, 0.1) is 30.6 Å². The second-order valence-electron chi connectivity index (χ2n) is 5.84. The summed E-state index contributed by atoms with van der Waals surface area (Å²) in [6.45, 7) is 2.54. The Morgan fingerprint density at radius 1 is 1.07 bits per heavy atom. The maximum Gasteiger partial charge on any atom is 0.229 e. The van der Waals surface area contributed by atoms with Gasteiger partial charge in [-0.2, -0.15) is 0 Å². The van der Waals surface area contributed by atoms with Crippen LogP contribution in [0.4, 0.5) is 17.2 Å². The van der Waals surface area contributed by atoms with Gasteiger partial charge in [-0.15, -0.1) is 0 Å².